The number of allylic oxidation sites excluding steroid dienone is 1. The Morgan fingerprint density at radius 2 is 2.12 bits per heavy atom. The summed E-state index contributed by atoms with van der Waals surface area (Å²) in [5.74, 6) is -0.323. The normalized spacial score (nSPS) is 22.0. The Morgan fingerprint density at radius 1 is 1.32 bits per heavy atom. The fourth-order valence-corrected chi connectivity index (χ4v) is 5.91. The van der Waals surface area contributed by atoms with E-state index in [1.807, 2.05) is 30.5 Å². The van der Waals surface area contributed by atoms with Crippen LogP contribution in [0.1, 0.15) is 29.0 Å². The molecule has 3 heterocycles. The van der Waals surface area contributed by atoms with Crippen molar-refractivity contribution in [2.75, 3.05) is 12.9 Å². The minimum atomic E-state index is -1.64. The smallest absolute Gasteiger partial charge is 0.231 e. The largest absolute Gasteiger partial charge is 0.496 e. The van der Waals surface area contributed by atoms with Crippen molar-refractivity contribution >= 4 is 17.7 Å². The summed E-state index contributed by atoms with van der Waals surface area (Å²) in [6.45, 7) is 0.480. The number of fused-ring (bicyclic) bond motifs is 1. The van der Waals surface area contributed by atoms with E-state index in [9.17, 15) is 19.6 Å². The zero-order valence-corrected chi connectivity index (χ0v) is 19.1. The Morgan fingerprint density at radius 3 is 2.79 bits per heavy atom. The number of benzene rings is 2. The number of thioether (sulfide) groups is 1. The molecular weight excluding hydrogens is 455 g/mol. The van der Waals surface area contributed by atoms with Crippen LogP contribution in [0.2, 0.25) is 0 Å². The van der Waals surface area contributed by atoms with Crippen molar-refractivity contribution < 1.29 is 19.0 Å². The highest BCUT2D eigenvalue weighted by Crippen LogP contribution is 2.51. The molecule has 1 N–H and O–H groups in total. The summed E-state index contributed by atoms with van der Waals surface area (Å²) in [6, 6.07) is 15.2. The van der Waals surface area contributed by atoms with Gasteiger partial charge in [0.2, 0.25) is 5.91 Å². The number of halogens is 1. The number of ether oxygens (including phenoxy) is 1. The summed E-state index contributed by atoms with van der Waals surface area (Å²) < 4.78 is 20.7. The van der Waals surface area contributed by atoms with Gasteiger partial charge in [-0.15, -0.1) is 11.8 Å². The molecule has 1 fully saturated rings. The molecule has 2 atom stereocenters. The minimum absolute atomic E-state index is 0.0317. The molecule has 0 bridgehead atoms. The number of methoxy groups -OCH3 is 1. The van der Waals surface area contributed by atoms with Crippen molar-refractivity contribution in [3.8, 4) is 11.8 Å². The van der Waals surface area contributed by atoms with Gasteiger partial charge < -0.3 is 9.84 Å². The van der Waals surface area contributed by atoms with Crippen molar-refractivity contribution in [3.63, 3.8) is 0 Å². The summed E-state index contributed by atoms with van der Waals surface area (Å²) in [4.78, 5) is 14.6. The van der Waals surface area contributed by atoms with E-state index in [0.717, 1.165) is 11.1 Å². The maximum Gasteiger partial charge on any atom is 0.231 e. The Hall–Kier alpha value is -3.61. The summed E-state index contributed by atoms with van der Waals surface area (Å²) >= 11 is 1.26. The Bertz CT molecular complexity index is 1320. The second-order valence-electron chi connectivity index (χ2n) is 8.20. The van der Waals surface area contributed by atoms with E-state index in [0.29, 0.717) is 28.5 Å². The van der Waals surface area contributed by atoms with Crippen LogP contribution in [-0.2, 0) is 17.1 Å². The molecular formula is C25H21FN4O3S. The fourth-order valence-electron chi connectivity index (χ4n) is 4.55. The average molecular weight is 477 g/mol. The number of carbonyl (C=O) groups excluding carboxylic acids is 1. The molecule has 9 heteroatoms. The first kappa shape index (κ1) is 22.2. The first-order chi connectivity index (χ1) is 16.4. The molecule has 0 aliphatic carbocycles. The van der Waals surface area contributed by atoms with E-state index in [4.69, 9.17) is 4.74 Å². The predicted octanol–water partition coefficient (Wildman–Crippen LogP) is 3.72. The summed E-state index contributed by atoms with van der Waals surface area (Å²) in [5, 5.41) is 26.2. The molecule has 5 rings (SSSR count). The fraction of sp³-hybridized carbons (Fsp3) is 0.240. The van der Waals surface area contributed by atoms with Gasteiger partial charge in [0.1, 0.15) is 11.6 Å². The molecule has 0 radical (unpaired) electrons. The quantitative estimate of drug-likeness (QED) is 0.604. The molecule has 0 spiro atoms. The van der Waals surface area contributed by atoms with Crippen molar-refractivity contribution in [2.45, 2.75) is 24.6 Å². The minimum Gasteiger partial charge on any atom is -0.496 e. The lowest BCUT2D eigenvalue weighted by Crippen LogP contribution is -2.48. The van der Waals surface area contributed by atoms with Crippen LogP contribution >= 0.6 is 11.8 Å². The molecule has 2 aliphatic rings. The van der Waals surface area contributed by atoms with Crippen molar-refractivity contribution in [2.24, 2.45) is 0 Å². The Labute approximate surface area is 200 Å². The topological polar surface area (TPSA) is 91.4 Å². The van der Waals surface area contributed by atoms with E-state index in [-0.39, 0.29) is 18.1 Å². The van der Waals surface area contributed by atoms with Gasteiger partial charge in [0.05, 0.1) is 36.1 Å². The first-order valence-electron chi connectivity index (χ1n) is 10.7. The molecule has 0 unspecified atom stereocenters. The van der Waals surface area contributed by atoms with Crippen LogP contribution < -0.4 is 4.74 Å². The third-order valence-electron chi connectivity index (χ3n) is 6.22. The van der Waals surface area contributed by atoms with Crippen LogP contribution in [0.15, 0.2) is 71.5 Å². The monoisotopic (exact) mass is 476 g/mol. The lowest BCUT2D eigenvalue weighted by molar-refractivity contribution is -0.149. The number of hydrogen-bond acceptors (Lipinski definition) is 6. The summed E-state index contributed by atoms with van der Waals surface area (Å²) in [6.07, 6.45) is 3.58. The number of amides is 1. The molecule has 172 valence electrons. The van der Waals surface area contributed by atoms with Gasteiger partial charge in [0.15, 0.2) is 5.72 Å². The maximum atomic E-state index is 13.4. The zero-order valence-electron chi connectivity index (χ0n) is 18.3. The molecule has 7 nitrogen and oxygen atoms in total. The van der Waals surface area contributed by atoms with Crippen LogP contribution in [-0.4, -0.2) is 38.6 Å². The highest BCUT2D eigenvalue weighted by Gasteiger charge is 2.51. The lowest BCUT2D eigenvalue weighted by atomic mass is 9.84. The van der Waals surface area contributed by atoms with Crippen molar-refractivity contribution in [1.29, 1.82) is 5.26 Å². The zero-order chi connectivity index (χ0) is 23.9. The molecule has 1 aromatic heterocycles. The van der Waals surface area contributed by atoms with E-state index in [1.54, 1.807) is 18.0 Å². The molecule has 1 amide bonds. The summed E-state index contributed by atoms with van der Waals surface area (Å²) in [5.41, 5.74) is 0.896. The molecule has 3 aromatic rings. The Balaban J connectivity index is 1.54. The standard InChI is InChI=1S/C25H21FN4O3S/c1-33-22-8-3-16(11-17(22)14-29-10-2-9-28-29)20-12-23(31)30-24(21(20)13-27)34-15-25(30,32)18-4-6-19(26)7-5-18/h2-11,20,32H,12,14-15H2,1H3/t20-,25-/m1/s1. The summed E-state index contributed by atoms with van der Waals surface area (Å²) in [7, 11) is 1.59. The number of carbonyl (C=O) groups is 1. The van der Waals surface area contributed by atoms with Gasteiger partial charge >= 0.3 is 0 Å². The third-order valence-corrected chi connectivity index (χ3v) is 7.44. The number of aliphatic hydroxyl groups is 1. The number of hydrogen-bond donors (Lipinski definition) is 1. The van der Waals surface area contributed by atoms with Crippen LogP contribution in [0.3, 0.4) is 0 Å². The van der Waals surface area contributed by atoms with E-state index >= 15 is 0 Å². The lowest BCUT2D eigenvalue weighted by Gasteiger charge is -2.38. The molecule has 0 saturated carbocycles. The molecule has 34 heavy (non-hydrogen) atoms. The van der Waals surface area contributed by atoms with Crippen molar-refractivity contribution in [1.82, 2.24) is 14.7 Å². The van der Waals surface area contributed by atoms with Gasteiger partial charge in [-0.1, -0.05) is 18.2 Å². The highest BCUT2D eigenvalue weighted by molar-refractivity contribution is 8.03. The van der Waals surface area contributed by atoms with Crippen LogP contribution in [0.5, 0.6) is 5.75 Å². The molecule has 1 saturated heterocycles. The van der Waals surface area contributed by atoms with Gasteiger partial charge in [-0.3, -0.25) is 14.4 Å². The van der Waals surface area contributed by atoms with Crippen molar-refractivity contribution in [3.05, 3.63) is 94.0 Å². The van der Waals surface area contributed by atoms with Gasteiger partial charge in [0.25, 0.3) is 0 Å². The molecule has 2 aliphatic heterocycles. The second-order valence-corrected chi connectivity index (χ2v) is 9.17. The first-order valence-corrected chi connectivity index (χ1v) is 11.7. The highest BCUT2D eigenvalue weighted by atomic mass is 32.2. The van der Waals surface area contributed by atoms with Crippen LogP contribution in [0.25, 0.3) is 0 Å². The average Bonchev–Trinajstić information content (AvgIpc) is 3.48. The second kappa shape index (κ2) is 8.63. The van der Waals surface area contributed by atoms with Gasteiger partial charge in [-0.05, 0) is 35.9 Å². The number of aromatic nitrogens is 2. The van der Waals surface area contributed by atoms with E-state index < -0.39 is 17.5 Å². The van der Waals surface area contributed by atoms with E-state index in [1.165, 1.54) is 40.9 Å². The Kier molecular flexibility index (Phi) is 5.63. The predicted molar refractivity (Wildman–Crippen MR) is 124 cm³/mol. The third kappa shape index (κ3) is 3.65. The number of nitrogens with zero attached hydrogens (tertiary/aromatic N) is 4. The van der Waals surface area contributed by atoms with Crippen LogP contribution in [0.4, 0.5) is 4.39 Å². The molecule has 2 aromatic carbocycles. The van der Waals surface area contributed by atoms with E-state index in [2.05, 4.69) is 11.2 Å². The number of nitriles is 1. The van der Waals surface area contributed by atoms with Gasteiger partial charge in [-0.25, -0.2) is 4.39 Å². The number of rotatable bonds is 5. The van der Waals surface area contributed by atoms with Gasteiger partial charge in [-0.2, -0.15) is 10.4 Å². The van der Waals surface area contributed by atoms with Crippen LogP contribution in [0, 0.1) is 17.1 Å². The SMILES string of the molecule is COc1ccc([C@H]2CC(=O)N3C(=C2C#N)SC[C@@]3(O)c2ccc(F)cc2)cc1Cn1cccn1. The maximum absolute atomic E-state index is 13.4. The van der Waals surface area contributed by atoms with Gasteiger partial charge in [0, 0.05) is 35.9 Å².